The van der Waals surface area contributed by atoms with E-state index in [4.69, 9.17) is 17.3 Å². The number of fused-ring (bicyclic) bond motifs is 2. The lowest BCUT2D eigenvalue weighted by atomic mass is 9.86. The fraction of sp³-hybridized carbons (Fsp3) is 0.222. The predicted molar refractivity (Wildman–Crippen MR) is 99.7 cm³/mol. The van der Waals surface area contributed by atoms with Crippen molar-refractivity contribution in [3.8, 4) is 6.07 Å². The molecule has 2 aliphatic heterocycles. The summed E-state index contributed by atoms with van der Waals surface area (Å²) in [6, 6.07) is 11.1. The highest BCUT2D eigenvalue weighted by Crippen LogP contribution is 2.43. The fourth-order valence-corrected chi connectivity index (χ4v) is 3.87. The first kappa shape index (κ1) is 17.1. The third-order valence-electron chi connectivity index (χ3n) is 4.83. The Labute approximate surface area is 159 Å². The van der Waals surface area contributed by atoms with Crippen molar-refractivity contribution in [2.24, 2.45) is 5.73 Å². The first-order valence-corrected chi connectivity index (χ1v) is 8.75. The van der Waals surface area contributed by atoms with Crippen molar-refractivity contribution in [2.75, 3.05) is 13.1 Å². The standard InChI is InChI=1S/C18H15ClN6O2/c19-16-11(8-10-4-1-2-5-13(10)23-16)14-12(9-20)17(21)24-7-3-6-22-18(24)15(14)25(26)27/h1-2,4-5,8,14,22H,3,6-7,21H2. The molecular weight excluding hydrogens is 368 g/mol. The summed E-state index contributed by atoms with van der Waals surface area (Å²) in [5, 5.41) is 25.7. The van der Waals surface area contributed by atoms with Gasteiger partial charge in [-0.05, 0) is 18.6 Å². The molecule has 1 saturated heterocycles. The minimum atomic E-state index is -0.994. The summed E-state index contributed by atoms with van der Waals surface area (Å²) in [5.41, 5.74) is 7.25. The van der Waals surface area contributed by atoms with Gasteiger partial charge in [0, 0.05) is 24.0 Å². The Hall–Kier alpha value is -3.31. The van der Waals surface area contributed by atoms with Crippen molar-refractivity contribution in [3.05, 3.63) is 74.1 Å². The summed E-state index contributed by atoms with van der Waals surface area (Å²) in [7, 11) is 0. The van der Waals surface area contributed by atoms with Crippen LogP contribution < -0.4 is 11.1 Å². The Morgan fingerprint density at radius 3 is 2.96 bits per heavy atom. The predicted octanol–water partition coefficient (Wildman–Crippen LogP) is 2.42. The highest BCUT2D eigenvalue weighted by atomic mass is 35.5. The molecule has 1 aromatic heterocycles. The summed E-state index contributed by atoms with van der Waals surface area (Å²) in [6.45, 7) is 1.10. The average molecular weight is 383 g/mol. The zero-order chi connectivity index (χ0) is 19.1. The van der Waals surface area contributed by atoms with Crippen LogP contribution in [0.3, 0.4) is 0 Å². The highest BCUT2D eigenvalue weighted by molar-refractivity contribution is 6.30. The van der Waals surface area contributed by atoms with Gasteiger partial charge in [0.1, 0.15) is 16.9 Å². The molecule has 2 aromatic rings. The molecule has 3 N–H and O–H groups in total. The van der Waals surface area contributed by atoms with Crippen molar-refractivity contribution in [3.63, 3.8) is 0 Å². The van der Waals surface area contributed by atoms with Crippen LogP contribution in [0.15, 0.2) is 53.2 Å². The van der Waals surface area contributed by atoms with Gasteiger partial charge in [-0.15, -0.1) is 0 Å². The van der Waals surface area contributed by atoms with Gasteiger partial charge in [-0.25, -0.2) is 4.98 Å². The number of rotatable bonds is 2. The minimum Gasteiger partial charge on any atom is -0.384 e. The summed E-state index contributed by atoms with van der Waals surface area (Å²) >= 11 is 6.39. The van der Waals surface area contributed by atoms with E-state index < -0.39 is 10.8 Å². The molecule has 136 valence electrons. The van der Waals surface area contributed by atoms with Gasteiger partial charge in [0.05, 0.1) is 22.1 Å². The summed E-state index contributed by atoms with van der Waals surface area (Å²) in [4.78, 5) is 17.5. The van der Waals surface area contributed by atoms with Gasteiger partial charge < -0.3 is 16.0 Å². The lowest BCUT2D eigenvalue weighted by Crippen LogP contribution is -2.46. The van der Waals surface area contributed by atoms with E-state index in [0.717, 1.165) is 11.8 Å². The smallest absolute Gasteiger partial charge is 0.299 e. The molecule has 3 heterocycles. The number of hydrogen-bond acceptors (Lipinski definition) is 7. The Balaban J connectivity index is 2.00. The van der Waals surface area contributed by atoms with Crippen LogP contribution in [0.25, 0.3) is 10.9 Å². The summed E-state index contributed by atoms with van der Waals surface area (Å²) in [5.74, 6) is -0.469. The topological polar surface area (TPSA) is 121 Å². The molecule has 1 aromatic carbocycles. The van der Waals surface area contributed by atoms with Crippen LogP contribution in [0.2, 0.25) is 5.15 Å². The molecule has 27 heavy (non-hydrogen) atoms. The molecule has 0 bridgehead atoms. The number of para-hydroxylation sites is 1. The van der Waals surface area contributed by atoms with Crippen molar-refractivity contribution in [2.45, 2.75) is 12.3 Å². The third kappa shape index (κ3) is 2.64. The summed E-state index contributed by atoms with van der Waals surface area (Å²) in [6.07, 6.45) is 0.761. The molecule has 0 spiro atoms. The molecule has 1 atom stereocenters. The molecule has 0 radical (unpaired) electrons. The van der Waals surface area contributed by atoms with Crippen LogP contribution in [-0.2, 0) is 0 Å². The molecule has 8 nitrogen and oxygen atoms in total. The van der Waals surface area contributed by atoms with Crippen LogP contribution in [-0.4, -0.2) is 27.9 Å². The summed E-state index contributed by atoms with van der Waals surface area (Å²) < 4.78 is 0. The second kappa shape index (κ2) is 6.45. The van der Waals surface area contributed by atoms with Crippen molar-refractivity contribution >= 4 is 22.5 Å². The van der Waals surface area contributed by atoms with E-state index in [1.54, 1.807) is 17.0 Å². The van der Waals surface area contributed by atoms with Crippen LogP contribution in [0.5, 0.6) is 0 Å². The first-order chi connectivity index (χ1) is 13.0. The molecule has 4 rings (SSSR count). The third-order valence-corrected chi connectivity index (χ3v) is 5.13. The average Bonchev–Trinajstić information content (AvgIpc) is 2.67. The van der Waals surface area contributed by atoms with Crippen molar-refractivity contribution in [1.82, 2.24) is 15.2 Å². The first-order valence-electron chi connectivity index (χ1n) is 8.37. The number of nitriles is 1. The zero-order valence-corrected chi connectivity index (χ0v) is 14.9. The minimum absolute atomic E-state index is 0.105. The molecule has 0 saturated carbocycles. The maximum absolute atomic E-state index is 12.0. The molecular formula is C18H15ClN6O2. The van der Waals surface area contributed by atoms with Crippen LogP contribution in [0.4, 0.5) is 0 Å². The monoisotopic (exact) mass is 382 g/mol. The van der Waals surface area contributed by atoms with Crippen molar-refractivity contribution < 1.29 is 4.92 Å². The maximum atomic E-state index is 12.0. The number of nitrogens with one attached hydrogen (secondary N) is 1. The number of hydrogen-bond donors (Lipinski definition) is 2. The normalized spacial score (nSPS) is 19.6. The number of nitrogens with two attached hydrogens (primary N) is 1. The second-order valence-corrected chi connectivity index (χ2v) is 6.69. The van der Waals surface area contributed by atoms with E-state index in [0.29, 0.717) is 30.0 Å². The van der Waals surface area contributed by atoms with Gasteiger partial charge in [0.2, 0.25) is 0 Å². The van der Waals surface area contributed by atoms with Crippen LogP contribution >= 0.6 is 11.6 Å². The SMILES string of the molecule is N#CC1=C(N)N2CCCNC2=C([N+](=O)[O-])C1c1cc2ccccc2nc1Cl. The molecule has 0 aliphatic carbocycles. The lowest BCUT2D eigenvalue weighted by Gasteiger charge is -2.37. The van der Waals surface area contributed by atoms with E-state index in [1.165, 1.54) is 0 Å². The Bertz CT molecular complexity index is 1070. The van der Waals surface area contributed by atoms with E-state index in [-0.39, 0.29) is 22.2 Å². The Kier molecular flexibility index (Phi) is 4.09. The van der Waals surface area contributed by atoms with Gasteiger partial charge in [-0.3, -0.25) is 10.1 Å². The molecule has 1 unspecified atom stereocenters. The van der Waals surface area contributed by atoms with Gasteiger partial charge in [0.15, 0.2) is 5.82 Å². The van der Waals surface area contributed by atoms with Crippen molar-refractivity contribution in [1.29, 1.82) is 5.26 Å². The molecule has 1 fully saturated rings. The van der Waals surface area contributed by atoms with E-state index >= 15 is 0 Å². The van der Waals surface area contributed by atoms with Crippen LogP contribution in [0.1, 0.15) is 17.9 Å². The molecule has 9 heteroatoms. The number of aromatic nitrogens is 1. The second-order valence-electron chi connectivity index (χ2n) is 6.33. The van der Waals surface area contributed by atoms with Gasteiger partial charge in [-0.2, -0.15) is 5.26 Å². The lowest BCUT2D eigenvalue weighted by molar-refractivity contribution is -0.432. The van der Waals surface area contributed by atoms with E-state index in [1.807, 2.05) is 18.2 Å². The maximum Gasteiger partial charge on any atom is 0.299 e. The van der Waals surface area contributed by atoms with Crippen LogP contribution in [0, 0.1) is 21.4 Å². The van der Waals surface area contributed by atoms with E-state index in [9.17, 15) is 15.4 Å². The molecule has 0 amide bonds. The Morgan fingerprint density at radius 2 is 2.22 bits per heavy atom. The van der Waals surface area contributed by atoms with Gasteiger partial charge in [0.25, 0.3) is 5.70 Å². The Morgan fingerprint density at radius 1 is 1.44 bits per heavy atom. The number of nitro groups is 1. The number of benzene rings is 1. The van der Waals surface area contributed by atoms with Gasteiger partial charge in [-0.1, -0.05) is 29.8 Å². The number of allylic oxidation sites excluding steroid dienone is 1. The van der Waals surface area contributed by atoms with E-state index in [2.05, 4.69) is 16.4 Å². The number of nitrogens with zero attached hydrogens (tertiary/aromatic N) is 4. The molecule has 2 aliphatic rings. The largest absolute Gasteiger partial charge is 0.384 e. The quantitative estimate of drug-likeness (QED) is 0.464. The number of halogens is 1. The zero-order valence-electron chi connectivity index (χ0n) is 14.1. The number of pyridine rings is 1. The van der Waals surface area contributed by atoms with Gasteiger partial charge >= 0.3 is 0 Å². The fourth-order valence-electron chi connectivity index (χ4n) is 3.62. The highest BCUT2D eigenvalue weighted by Gasteiger charge is 2.44.